The fourth-order valence-corrected chi connectivity index (χ4v) is 3.01. The first-order chi connectivity index (χ1) is 11.4. The molecule has 0 aliphatic carbocycles. The maximum Gasteiger partial charge on any atom is 0.251 e. The topological polar surface area (TPSA) is 74.8 Å². The summed E-state index contributed by atoms with van der Waals surface area (Å²) < 4.78 is 13.0. The minimum Gasteiger partial charge on any atom is -0.324 e. The lowest BCUT2D eigenvalue weighted by molar-refractivity contribution is -0.115. The number of rotatable bonds is 6. The van der Waals surface area contributed by atoms with Crippen LogP contribution in [0.3, 0.4) is 0 Å². The number of halogens is 2. The number of nitrogens with zero attached hydrogens (tertiary/aromatic N) is 1. The molecule has 1 amide bonds. The number of benzene rings is 1. The molecule has 2 N–H and O–H groups in total. The van der Waals surface area contributed by atoms with Crippen LogP contribution in [0.1, 0.15) is 26.0 Å². The molecule has 2 rings (SSSR count). The van der Waals surface area contributed by atoms with Gasteiger partial charge in [0.2, 0.25) is 5.91 Å². The van der Waals surface area contributed by atoms with Crippen LogP contribution < -0.4 is 10.9 Å². The average molecular weight is 370 g/mol. The summed E-state index contributed by atoms with van der Waals surface area (Å²) in [4.78, 5) is 30.8. The number of anilines is 1. The quantitative estimate of drug-likeness (QED) is 0.602. The molecule has 2 aromatic rings. The molecule has 0 saturated carbocycles. The molecule has 0 spiro atoms. The van der Waals surface area contributed by atoms with E-state index in [0.29, 0.717) is 23.0 Å². The number of H-pyrrole nitrogens is 1. The number of amides is 1. The third-order valence-electron chi connectivity index (χ3n) is 3.13. The number of aromatic amines is 1. The number of hydrogen-bond donors (Lipinski definition) is 2. The van der Waals surface area contributed by atoms with Crippen LogP contribution in [0.25, 0.3) is 0 Å². The van der Waals surface area contributed by atoms with Crippen molar-refractivity contribution in [3.63, 3.8) is 0 Å². The molecule has 8 heteroatoms. The summed E-state index contributed by atoms with van der Waals surface area (Å²) in [6, 6.07) is 5.19. The predicted molar refractivity (Wildman–Crippen MR) is 94.2 cm³/mol. The predicted octanol–water partition coefficient (Wildman–Crippen LogP) is 3.63. The number of hydrogen-bond acceptors (Lipinski definition) is 4. The Labute approximate surface area is 148 Å². The maximum atomic E-state index is 13.0. The summed E-state index contributed by atoms with van der Waals surface area (Å²) in [6.45, 7) is 3.68. The summed E-state index contributed by atoms with van der Waals surface area (Å²) >= 11 is 7.03. The van der Waals surface area contributed by atoms with Gasteiger partial charge in [-0.3, -0.25) is 9.59 Å². The monoisotopic (exact) mass is 369 g/mol. The molecule has 5 nitrogen and oxygen atoms in total. The lowest BCUT2D eigenvalue weighted by Crippen LogP contribution is -2.23. The second-order valence-electron chi connectivity index (χ2n) is 5.17. The van der Waals surface area contributed by atoms with Gasteiger partial charge < -0.3 is 10.3 Å². The van der Waals surface area contributed by atoms with E-state index in [4.69, 9.17) is 11.6 Å². The molecule has 0 bridgehead atoms. The highest BCUT2D eigenvalue weighted by atomic mass is 35.5. The van der Waals surface area contributed by atoms with Crippen molar-refractivity contribution >= 4 is 35.0 Å². The Morgan fingerprint density at radius 2 is 2.21 bits per heavy atom. The van der Waals surface area contributed by atoms with Crippen molar-refractivity contribution in [2.24, 2.45) is 0 Å². The summed E-state index contributed by atoms with van der Waals surface area (Å²) in [6.07, 6.45) is 1.57. The first kappa shape index (κ1) is 18.5. The molecule has 0 aliphatic rings. The number of carbonyl (C=O) groups is 1. The van der Waals surface area contributed by atoms with Gasteiger partial charge in [-0.2, -0.15) is 0 Å². The van der Waals surface area contributed by atoms with Gasteiger partial charge >= 0.3 is 0 Å². The van der Waals surface area contributed by atoms with Gasteiger partial charge in [-0.1, -0.05) is 36.7 Å². The van der Waals surface area contributed by atoms with Crippen LogP contribution in [0.15, 0.2) is 34.2 Å². The van der Waals surface area contributed by atoms with Crippen molar-refractivity contribution in [1.29, 1.82) is 0 Å². The van der Waals surface area contributed by atoms with E-state index in [1.165, 1.54) is 18.2 Å². The molecule has 0 saturated heterocycles. The molecular formula is C16H17ClFN3O2S. The molecule has 0 radical (unpaired) electrons. The van der Waals surface area contributed by atoms with Crippen molar-refractivity contribution in [2.45, 2.75) is 37.1 Å². The van der Waals surface area contributed by atoms with Crippen molar-refractivity contribution in [3.8, 4) is 0 Å². The van der Waals surface area contributed by atoms with Crippen molar-refractivity contribution in [3.05, 3.63) is 51.2 Å². The SMILES string of the molecule is CCCc1cc(=O)[nH]c(SC(C)C(=O)Nc2ccc(F)cc2Cl)n1. The largest absolute Gasteiger partial charge is 0.324 e. The summed E-state index contributed by atoms with van der Waals surface area (Å²) in [7, 11) is 0. The minimum absolute atomic E-state index is 0.122. The molecule has 1 atom stereocenters. The smallest absolute Gasteiger partial charge is 0.251 e. The average Bonchev–Trinajstić information content (AvgIpc) is 2.49. The van der Waals surface area contributed by atoms with Crippen LogP contribution in [-0.4, -0.2) is 21.1 Å². The Bertz CT molecular complexity index is 797. The first-order valence-corrected chi connectivity index (χ1v) is 8.67. The van der Waals surface area contributed by atoms with Crippen molar-refractivity contribution < 1.29 is 9.18 Å². The summed E-state index contributed by atoms with van der Waals surface area (Å²) in [5.41, 5.74) is 0.778. The van der Waals surface area contributed by atoms with Gasteiger partial charge in [0.15, 0.2) is 5.16 Å². The molecule has 1 unspecified atom stereocenters. The first-order valence-electron chi connectivity index (χ1n) is 7.42. The zero-order valence-corrected chi connectivity index (χ0v) is 14.8. The van der Waals surface area contributed by atoms with Gasteiger partial charge in [-0.25, -0.2) is 9.37 Å². The highest BCUT2D eigenvalue weighted by Crippen LogP contribution is 2.25. The fourth-order valence-electron chi connectivity index (χ4n) is 1.97. The number of thioether (sulfide) groups is 1. The number of carbonyl (C=O) groups excluding carboxylic acids is 1. The Kier molecular flexibility index (Phi) is 6.39. The molecule has 1 heterocycles. The van der Waals surface area contributed by atoms with Crippen molar-refractivity contribution in [2.75, 3.05) is 5.32 Å². The van der Waals surface area contributed by atoms with E-state index in [9.17, 15) is 14.0 Å². The fraction of sp³-hybridized carbons (Fsp3) is 0.312. The van der Waals surface area contributed by atoms with E-state index in [1.807, 2.05) is 6.92 Å². The standard InChI is InChI=1S/C16H17ClFN3O2S/c1-3-4-11-8-14(22)21-16(19-11)24-9(2)15(23)20-13-6-5-10(18)7-12(13)17/h5-9H,3-4H2,1-2H3,(H,20,23)(H,19,21,22). The van der Waals surface area contributed by atoms with Crippen LogP contribution in [0, 0.1) is 5.82 Å². The second kappa shape index (κ2) is 8.30. The second-order valence-corrected chi connectivity index (χ2v) is 6.90. The molecule has 0 fully saturated rings. The number of aryl methyl sites for hydroxylation is 1. The summed E-state index contributed by atoms with van der Waals surface area (Å²) in [5.74, 6) is -0.799. The van der Waals surface area contributed by atoms with E-state index in [1.54, 1.807) is 6.92 Å². The third-order valence-corrected chi connectivity index (χ3v) is 4.42. The number of aromatic nitrogens is 2. The van der Waals surface area contributed by atoms with E-state index in [2.05, 4.69) is 15.3 Å². The molecule has 0 aliphatic heterocycles. The molecule has 128 valence electrons. The Morgan fingerprint density at radius 3 is 2.88 bits per heavy atom. The van der Waals surface area contributed by atoms with Gasteiger partial charge in [0.1, 0.15) is 5.82 Å². The van der Waals surface area contributed by atoms with Gasteiger partial charge in [-0.05, 0) is 31.5 Å². The van der Waals surface area contributed by atoms with Gasteiger partial charge in [0.25, 0.3) is 5.56 Å². The van der Waals surface area contributed by atoms with Gasteiger partial charge in [0.05, 0.1) is 16.0 Å². The minimum atomic E-state index is -0.522. The zero-order valence-electron chi connectivity index (χ0n) is 13.2. The molecule has 1 aromatic carbocycles. The maximum absolute atomic E-state index is 13.0. The van der Waals surface area contributed by atoms with Crippen LogP contribution in [0.4, 0.5) is 10.1 Å². The number of nitrogens with one attached hydrogen (secondary N) is 2. The molecular weight excluding hydrogens is 353 g/mol. The Hall–Kier alpha value is -1.86. The highest BCUT2D eigenvalue weighted by molar-refractivity contribution is 8.00. The van der Waals surface area contributed by atoms with Crippen LogP contribution in [0.5, 0.6) is 0 Å². The summed E-state index contributed by atoms with van der Waals surface area (Å²) in [5, 5.41) is 2.62. The third kappa shape index (κ3) is 5.07. The Balaban J connectivity index is 2.07. The van der Waals surface area contributed by atoms with E-state index < -0.39 is 11.1 Å². The lowest BCUT2D eigenvalue weighted by atomic mass is 10.2. The highest BCUT2D eigenvalue weighted by Gasteiger charge is 2.17. The van der Waals surface area contributed by atoms with Crippen LogP contribution in [-0.2, 0) is 11.2 Å². The molecule has 24 heavy (non-hydrogen) atoms. The zero-order chi connectivity index (χ0) is 17.7. The lowest BCUT2D eigenvalue weighted by Gasteiger charge is -2.12. The van der Waals surface area contributed by atoms with E-state index in [-0.39, 0.29) is 16.5 Å². The van der Waals surface area contributed by atoms with E-state index >= 15 is 0 Å². The van der Waals surface area contributed by atoms with Crippen molar-refractivity contribution in [1.82, 2.24) is 9.97 Å². The molecule has 1 aromatic heterocycles. The normalized spacial score (nSPS) is 12.0. The van der Waals surface area contributed by atoms with Crippen LogP contribution >= 0.6 is 23.4 Å². The van der Waals surface area contributed by atoms with Crippen LogP contribution in [0.2, 0.25) is 5.02 Å². The van der Waals surface area contributed by atoms with Gasteiger partial charge in [-0.15, -0.1) is 0 Å². The van der Waals surface area contributed by atoms with E-state index in [0.717, 1.165) is 24.2 Å². The Morgan fingerprint density at radius 1 is 1.46 bits per heavy atom. The van der Waals surface area contributed by atoms with Gasteiger partial charge in [0, 0.05) is 11.8 Å².